The number of hydrogen-bond donors (Lipinski definition) is 0. The topological polar surface area (TPSA) is 9.23 Å². The summed E-state index contributed by atoms with van der Waals surface area (Å²) in [6.45, 7) is 2.74. The summed E-state index contributed by atoms with van der Waals surface area (Å²) in [7, 11) is 0. The molecule has 0 saturated heterocycles. The molecular weight excluding hydrogens is 204 g/mol. The van der Waals surface area contributed by atoms with Crippen LogP contribution in [0, 0.1) is 0 Å². The number of para-hydroxylation sites is 1. The van der Waals surface area contributed by atoms with E-state index < -0.39 is 0 Å². The van der Waals surface area contributed by atoms with Gasteiger partial charge in [0.15, 0.2) is 0 Å². The summed E-state index contributed by atoms with van der Waals surface area (Å²) in [5.74, 6) is 2.03. The third-order valence-corrected chi connectivity index (χ3v) is 3.29. The van der Waals surface area contributed by atoms with Crippen LogP contribution in [0.5, 0.6) is 5.75 Å². The van der Waals surface area contributed by atoms with Gasteiger partial charge in [-0.3, -0.25) is 0 Å². The standard InChI is InChI=1S/C13H14OS/c1-2-3-10-15-13-8-9-14-12-7-5-4-6-11(12)13/h2-8H,9-10H2,1H3. The number of fused-ring (bicyclic) bond motifs is 1. The fourth-order valence-corrected chi connectivity index (χ4v) is 2.46. The SMILES string of the molecule is CC=CCSC1=CCOc2ccccc21. The lowest BCUT2D eigenvalue weighted by atomic mass is 10.1. The van der Waals surface area contributed by atoms with Crippen LogP contribution in [0.2, 0.25) is 0 Å². The van der Waals surface area contributed by atoms with Crippen molar-refractivity contribution in [1.82, 2.24) is 0 Å². The van der Waals surface area contributed by atoms with Crippen LogP contribution in [0.3, 0.4) is 0 Å². The predicted molar refractivity (Wildman–Crippen MR) is 67.2 cm³/mol. The van der Waals surface area contributed by atoms with Crippen LogP contribution in [0.4, 0.5) is 0 Å². The van der Waals surface area contributed by atoms with E-state index in [4.69, 9.17) is 4.74 Å². The second-order valence-electron chi connectivity index (χ2n) is 3.26. The first-order chi connectivity index (χ1) is 7.42. The third kappa shape index (κ3) is 2.45. The Morgan fingerprint density at radius 1 is 1.40 bits per heavy atom. The maximum atomic E-state index is 5.55. The van der Waals surface area contributed by atoms with Gasteiger partial charge in [-0.05, 0) is 19.1 Å². The van der Waals surface area contributed by atoms with E-state index in [1.54, 1.807) is 0 Å². The zero-order chi connectivity index (χ0) is 10.5. The molecule has 0 N–H and O–H groups in total. The number of ether oxygens (including phenoxy) is 1. The molecule has 15 heavy (non-hydrogen) atoms. The molecule has 0 aliphatic carbocycles. The molecule has 0 atom stereocenters. The molecule has 0 saturated carbocycles. The number of benzene rings is 1. The molecule has 2 rings (SSSR count). The lowest BCUT2D eigenvalue weighted by molar-refractivity contribution is 0.358. The van der Waals surface area contributed by atoms with Gasteiger partial charge in [-0.1, -0.05) is 30.4 Å². The minimum atomic E-state index is 0.690. The second-order valence-corrected chi connectivity index (χ2v) is 4.32. The first-order valence-corrected chi connectivity index (χ1v) is 6.06. The lowest BCUT2D eigenvalue weighted by Crippen LogP contribution is -2.02. The van der Waals surface area contributed by atoms with E-state index in [9.17, 15) is 0 Å². The van der Waals surface area contributed by atoms with Crippen molar-refractivity contribution >= 4 is 16.7 Å². The van der Waals surface area contributed by atoms with Gasteiger partial charge in [0.05, 0.1) is 0 Å². The van der Waals surface area contributed by atoms with Gasteiger partial charge in [0.25, 0.3) is 0 Å². The van der Waals surface area contributed by atoms with Crippen molar-refractivity contribution in [2.75, 3.05) is 12.4 Å². The molecule has 1 heterocycles. The van der Waals surface area contributed by atoms with E-state index >= 15 is 0 Å². The van der Waals surface area contributed by atoms with Crippen molar-refractivity contribution in [2.24, 2.45) is 0 Å². The van der Waals surface area contributed by atoms with E-state index in [0.717, 1.165) is 11.5 Å². The molecule has 1 aromatic rings. The van der Waals surface area contributed by atoms with Crippen LogP contribution < -0.4 is 4.74 Å². The summed E-state index contributed by atoms with van der Waals surface area (Å²) in [5, 5.41) is 0. The molecule has 2 heteroatoms. The van der Waals surface area contributed by atoms with Gasteiger partial charge in [-0.2, -0.15) is 0 Å². The molecule has 0 fully saturated rings. The molecule has 0 bridgehead atoms. The number of hydrogen-bond acceptors (Lipinski definition) is 2. The van der Waals surface area contributed by atoms with E-state index in [2.05, 4.69) is 30.4 Å². The van der Waals surface area contributed by atoms with Crippen LogP contribution in [0.25, 0.3) is 4.91 Å². The molecule has 1 aliphatic rings. The summed E-state index contributed by atoms with van der Waals surface area (Å²) in [5.41, 5.74) is 1.22. The average molecular weight is 218 g/mol. The first-order valence-electron chi connectivity index (χ1n) is 5.08. The van der Waals surface area contributed by atoms with Crippen molar-refractivity contribution in [3.63, 3.8) is 0 Å². The van der Waals surface area contributed by atoms with Crippen LogP contribution in [-0.4, -0.2) is 12.4 Å². The summed E-state index contributed by atoms with van der Waals surface area (Å²) >= 11 is 1.86. The average Bonchev–Trinajstić information content (AvgIpc) is 2.30. The van der Waals surface area contributed by atoms with Gasteiger partial charge < -0.3 is 4.74 Å². The monoisotopic (exact) mass is 218 g/mol. The van der Waals surface area contributed by atoms with Gasteiger partial charge >= 0.3 is 0 Å². The van der Waals surface area contributed by atoms with Crippen LogP contribution in [0.15, 0.2) is 42.5 Å². The van der Waals surface area contributed by atoms with Crippen LogP contribution in [-0.2, 0) is 0 Å². The van der Waals surface area contributed by atoms with Gasteiger partial charge in [-0.25, -0.2) is 0 Å². The minimum absolute atomic E-state index is 0.690. The first kappa shape index (κ1) is 10.4. The van der Waals surface area contributed by atoms with Crippen LogP contribution >= 0.6 is 11.8 Å². The second kappa shape index (κ2) is 5.08. The molecule has 1 aliphatic heterocycles. The summed E-state index contributed by atoms with van der Waals surface area (Å²) in [4.78, 5) is 1.33. The summed E-state index contributed by atoms with van der Waals surface area (Å²) in [6.07, 6.45) is 6.40. The maximum Gasteiger partial charge on any atom is 0.128 e. The number of allylic oxidation sites excluding steroid dienone is 1. The quantitative estimate of drug-likeness (QED) is 0.715. The van der Waals surface area contributed by atoms with Crippen molar-refractivity contribution < 1.29 is 4.74 Å². The van der Waals surface area contributed by atoms with Gasteiger partial charge in [0, 0.05) is 16.2 Å². The molecule has 1 aromatic carbocycles. The van der Waals surface area contributed by atoms with Crippen LogP contribution in [0.1, 0.15) is 12.5 Å². The number of rotatable bonds is 3. The highest BCUT2D eigenvalue weighted by atomic mass is 32.2. The van der Waals surface area contributed by atoms with E-state index in [1.165, 1.54) is 10.5 Å². The third-order valence-electron chi connectivity index (χ3n) is 2.23. The predicted octanol–water partition coefficient (Wildman–Crippen LogP) is 3.73. The zero-order valence-corrected chi connectivity index (χ0v) is 9.59. The van der Waals surface area contributed by atoms with E-state index in [1.807, 2.05) is 30.8 Å². The van der Waals surface area contributed by atoms with Crippen molar-refractivity contribution in [3.8, 4) is 5.75 Å². The summed E-state index contributed by atoms with van der Waals surface area (Å²) < 4.78 is 5.55. The van der Waals surface area contributed by atoms with Gasteiger partial charge in [0.2, 0.25) is 0 Å². The molecule has 1 nitrogen and oxygen atoms in total. The Labute approximate surface area is 94.8 Å². The Bertz CT molecular complexity index is 393. The van der Waals surface area contributed by atoms with Gasteiger partial charge in [-0.15, -0.1) is 11.8 Å². The smallest absolute Gasteiger partial charge is 0.128 e. The van der Waals surface area contributed by atoms with Crippen molar-refractivity contribution in [1.29, 1.82) is 0 Å². The Morgan fingerprint density at radius 2 is 2.27 bits per heavy atom. The Kier molecular flexibility index (Phi) is 3.51. The highest BCUT2D eigenvalue weighted by molar-refractivity contribution is 8.08. The molecule has 0 radical (unpaired) electrons. The highest BCUT2D eigenvalue weighted by Gasteiger charge is 2.12. The normalized spacial score (nSPS) is 14.6. The van der Waals surface area contributed by atoms with E-state index in [0.29, 0.717) is 6.61 Å². The highest BCUT2D eigenvalue weighted by Crippen LogP contribution is 2.36. The molecule has 78 valence electrons. The fraction of sp³-hybridized carbons (Fsp3) is 0.231. The minimum Gasteiger partial charge on any atom is -0.489 e. The Morgan fingerprint density at radius 3 is 3.13 bits per heavy atom. The molecule has 0 aromatic heterocycles. The fourth-order valence-electron chi connectivity index (χ4n) is 1.48. The molecule has 0 spiro atoms. The zero-order valence-electron chi connectivity index (χ0n) is 8.77. The summed E-state index contributed by atoms with van der Waals surface area (Å²) in [6, 6.07) is 8.21. The number of thioether (sulfide) groups is 1. The lowest BCUT2D eigenvalue weighted by Gasteiger charge is -2.17. The van der Waals surface area contributed by atoms with Crippen molar-refractivity contribution in [2.45, 2.75) is 6.92 Å². The molecule has 0 amide bonds. The van der Waals surface area contributed by atoms with Crippen molar-refractivity contribution in [3.05, 3.63) is 48.1 Å². The Hall–Kier alpha value is -1.15. The molecule has 0 unspecified atom stereocenters. The van der Waals surface area contributed by atoms with E-state index in [-0.39, 0.29) is 0 Å². The largest absolute Gasteiger partial charge is 0.489 e. The van der Waals surface area contributed by atoms with Gasteiger partial charge in [0.1, 0.15) is 12.4 Å². The maximum absolute atomic E-state index is 5.55. The Balaban J connectivity index is 2.15. The molecular formula is C13H14OS.